The first kappa shape index (κ1) is 14.7. The van der Waals surface area contributed by atoms with Gasteiger partial charge >= 0.3 is 38.1 Å². The van der Waals surface area contributed by atoms with Crippen molar-refractivity contribution in [1.82, 2.24) is 0 Å². The van der Waals surface area contributed by atoms with Gasteiger partial charge in [0.2, 0.25) is 0 Å². The molecule has 1 aromatic carbocycles. The molecule has 0 unspecified atom stereocenters. The Morgan fingerprint density at radius 3 is 0.933 bits per heavy atom. The van der Waals surface area contributed by atoms with Crippen LogP contribution in [0.15, 0.2) is 12.1 Å². The van der Waals surface area contributed by atoms with Gasteiger partial charge in [0.15, 0.2) is 23.3 Å². The zero-order valence-electron chi connectivity index (χ0n) is 9.17. The van der Waals surface area contributed by atoms with Gasteiger partial charge < -0.3 is 0 Å². The Balaban J connectivity index is 0.000000336. The zero-order valence-corrected chi connectivity index (χ0v) is 12.0. The number of halogens is 4. The molecule has 0 aliphatic carbocycles. The van der Waals surface area contributed by atoms with E-state index in [-0.39, 0.29) is 12.1 Å². The minimum absolute atomic E-state index is 0.157. The Bertz CT molecular complexity index is 275. The first-order valence-corrected chi connectivity index (χ1v) is 15.8. The van der Waals surface area contributed by atoms with Crippen molar-refractivity contribution in [3.05, 3.63) is 35.4 Å². The van der Waals surface area contributed by atoms with Crippen LogP contribution in [0, 0.1) is 23.3 Å². The summed E-state index contributed by atoms with van der Waals surface area (Å²) >= 11 is -1.18. The van der Waals surface area contributed by atoms with Gasteiger partial charge in [-0.1, -0.05) is 0 Å². The van der Waals surface area contributed by atoms with E-state index in [1.807, 2.05) is 0 Å². The molecule has 0 aliphatic rings. The third-order valence-corrected chi connectivity index (χ3v) is 0.963. The number of hydrogen-bond donors (Lipinski definition) is 0. The van der Waals surface area contributed by atoms with Crippen molar-refractivity contribution < 1.29 is 17.6 Å². The Morgan fingerprint density at radius 1 is 0.667 bits per heavy atom. The number of benzene rings is 1. The molecule has 1 rings (SSSR count). The van der Waals surface area contributed by atoms with Crippen LogP contribution in [0.1, 0.15) is 0 Å². The molecule has 0 N–H and O–H groups in total. The van der Waals surface area contributed by atoms with Crippen molar-refractivity contribution >= 4 is 18.4 Å². The SMILES string of the molecule is Fc1cc(F)c(F)cc1F.[CH3][Sn]([CH3])([CH3])[CH3]. The second kappa shape index (κ2) is 5.72. The summed E-state index contributed by atoms with van der Waals surface area (Å²) in [6.07, 6.45) is 0. The van der Waals surface area contributed by atoms with E-state index in [1.54, 1.807) is 0 Å². The molecule has 0 amide bonds. The normalized spacial score (nSPS) is 10.7. The van der Waals surface area contributed by atoms with Crippen LogP contribution in [0.2, 0.25) is 19.8 Å². The van der Waals surface area contributed by atoms with Crippen LogP contribution >= 0.6 is 0 Å². The molecular formula is C10H14F4Sn. The van der Waals surface area contributed by atoms with Gasteiger partial charge in [-0.15, -0.1) is 0 Å². The van der Waals surface area contributed by atoms with Gasteiger partial charge in [0.1, 0.15) is 0 Å². The van der Waals surface area contributed by atoms with Crippen LogP contribution < -0.4 is 0 Å². The fourth-order valence-electron chi connectivity index (χ4n) is 0.498. The molecule has 0 fully saturated rings. The molecule has 5 heteroatoms. The van der Waals surface area contributed by atoms with E-state index in [2.05, 4.69) is 19.8 Å². The van der Waals surface area contributed by atoms with E-state index in [0.29, 0.717) is 0 Å². The molecule has 0 nitrogen and oxygen atoms in total. The standard InChI is InChI=1S/C6H2F4.4CH3.Sn/c7-3-1-4(8)6(10)2-5(3)9;;;;;/h1-2H;4*1H3;. The molecular weight excluding hydrogens is 315 g/mol. The zero-order chi connectivity index (χ0) is 12.2. The quantitative estimate of drug-likeness (QED) is 0.380. The summed E-state index contributed by atoms with van der Waals surface area (Å²) in [5.74, 6) is -5.56. The van der Waals surface area contributed by atoms with Crippen molar-refractivity contribution in [2.75, 3.05) is 0 Å². The van der Waals surface area contributed by atoms with Crippen molar-refractivity contribution in [1.29, 1.82) is 0 Å². The van der Waals surface area contributed by atoms with Crippen molar-refractivity contribution in [2.24, 2.45) is 0 Å². The van der Waals surface area contributed by atoms with Crippen LogP contribution in [0.3, 0.4) is 0 Å². The Hall–Kier alpha value is -0.261. The summed E-state index contributed by atoms with van der Waals surface area (Å²) < 4.78 is 47.9. The molecule has 0 bridgehead atoms. The van der Waals surface area contributed by atoms with Gasteiger partial charge in [0, 0.05) is 12.1 Å². The first-order chi connectivity index (χ1) is 6.61. The van der Waals surface area contributed by atoms with Gasteiger partial charge in [-0.3, -0.25) is 0 Å². The molecule has 0 aromatic heterocycles. The molecule has 86 valence electrons. The van der Waals surface area contributed by atoms with Crippen LogP contribution in [0.4, 0.5) is 17.6 Å². The summed E-state index contributed by atoms with van der Waals surface area (Å²) in [7, 11) is 0. The summed E-state index contributed by atoms with van der Waals surface area (Å²) in [6.45, 7) is 0. The van der Waals surface area contributed by atoms with E-state index in [4.69, 9.17) is 0 Å². The molecule has 0 aliphatic heterocycles. The van der Waals surface area contributed by atoms with Crippen molar-refractivity contribution in [3.8, 4) is 0 Å². The van der Waals surface area contributed by atoms with Gasteiger partial charge in [-0.25, -0.2) is 17.6 Å². The second-order valence-corrected chi connectivity index (χ2v) is 21.8. The van der Waals surface area contributed by atoms with Gasteiger partial charge in [0.05, 0.1) is 0 Å². The molecule has 0 radical (unpaired) electrons. The van der Waals surface area contributed by atoms with E-state index in [1.165, 1.54) is 0 Å². The molecule has 0 spiro atoms. The van der Waals surface area contributed by atoms with Crippen molar-refractivity contribution in [2.45, 2.75) is 19.8 Å². The average Bonchev–Trinajstić information content (AvgIpc) is 1.98. The topological polar surface area (TPSA) is 0 Å². The third kappa shape index (κ3) is 7.64. The van der Waals surface area contributed by atoms with E-state index in [9.17, 15) is 17.6 Å². The average molecular weight is 329 g/mol. The number of rotatable bonds is 0. The Labute approximate surface area is 91.2 Å². The monoisotopic (exact) mass is 330 g/mol. The van der Waals surface area contributed by atoms with Crippen LogP contribution in [-0.4, -0.2) is 18.4 Å². The first-order valence-electron chi connectivity index (χ1n) is 4.41. The molecule has 0 atom stereocenters. The predicted octanol–water partition coefficient (Wildman–Crippen LogP) is 4.20. The predicted molar refractivity (Wildman–Crippen MR) is 55.5 cm³/mol. The molecule has 0 heterocycles. The van der Waals surface area contributed by atoms with Gasteiger partial charge in [-0.05, 0) is 0 Å². The minimum atomic E-state index is -1.39. The van der Waals surface area contributed by atoms with Gasteiger partial charge in [0.25, 0.3) is 0 Å². The molecule has 15 heavy (non-hydrogen) atoms. The second-order valence-electron chi connectivity index (χ2n) is 4.68. The van der Waals surface area contributed by atoms with E-state index < -0.39 is 41.6 Å². The maximum atomic E-state index is 12.0. The van der Waals surface area contributed by atoms with E-state index in [0.717, 1.165) is 0 Å². The molecule has 1 aromatic rings. The summed E-state index contributed by atoms with van der Waals surface area (Å²) in [4.78, 5) is 9.59. The van der Waals surface area contributed by atoms with E-state index >= 15 is 0 Å². The van der Waals surface area contributed by atoms with Crippen LogP contribution in [-0.2, 0) is 0 Å². The summed E-state index contributed by atoms with van der Waals surface area (Å²) in [5, 5.41) is 0. The summed E-state index contributed by atoms with van der Waals surface area (Å²) in [6, 6.07) is 0.315. The molecule has 0 saturated carbocycles. The fraction of sp³-hybridized carbons (Fsp3) is 0.400. The van der Waals surface area contributed by atoms with Crippen molar-refractivity contribution in [3.63, 3.8) is 0 Å². The van der Waals surface area contributed by atoms with Gasteiger partial charge in [-0.2, -0.15) is 0 Å². The molecule has 0 saturated heterocycles. The third-order valence-electron chi connectivity index (χ3n) is 0.963. The maximum absolute atomic E-state index is 12.0. The number of hydrogen-bond acceptors (Lipinski definition) is 0. The summed E-state index contributed by atoms with van der Waals surface area (Å²) in [5.41, 5.74) is 0. The van der Waals surface area contributed by atoms with Crippen LogP contribution in [0.25, 0.3) is 0 Å². The van der Waals surface area contributed by atoms with Crippen LogP contribution in [0.5, 0.6) is 0 Å². The fourth-order valence-corrected chi connectivity index (χ4v) is 0.498. The Kier molecular flexibility index (Phi) is 5.62. The Morgan fingerprint density at radius 2 is 0.800 bits per heavy atom.